The lowest BCUT2D eigenvalue weighted by Gasteiger charge is -2.28. The predicted octanol–water partition coefficient (Wildman–Crippen LogP) is 1.88. The van der Waals surface area contributed by atoms with Crippen molar-refractivity contribution in [3.8, 4) is 5.75 Å². The number of aromatic hydroxyl groups is 1. The fourth-order valence-electron chi connectivity index (χ4n) is 1.71. The SMILES string of the molecule is COC(=O)C(C)C(C)(O)CCc1ccc(O)cc1. The Morgan fingerprint density at radius 1 is 1.39 bits per heavy atom. The first-order valence-electron chi connectivity index (χ1n) is 5.95. The molecule has 1 aromatic rings. The zero-order valence-corrected chi connectivity index (χ0v) is 11.0. The number of carbonyl (C=O) groups is 1. The molecule has 0 aliphatic carbocycles. The van der Waals surface area contributed by atoms with E-state index in [2.05, 4.69) is 4.74 Å². The minimum Gasteiger partial charge on any atom is -0.508 e. The van der Waals surface area contributed by atoms with Crippen LogP contribution in [0.3, 0.4) is 0 Å². The lowest BCUT2D eigenvalue weighted by molar-refractivity contribution is -0.153. The van der Waals surface area contributed by atoms with E-state index < -0.39 is 17.5 Å². The monoisotopic (exact) mass is 252 g/mol. The van der Waals surface area contributed by atoms with Crippen LogP contribution in [0.25, 0.3) is 0 Å². The number of phenols is 1. The number of esters is 1. The highest BCUT2D eigenvalue weighted by atomic mass is 16.5. The molecular formula is C14H20O4. The molecule has 4 heteroatoms. The summed E-state index contributed by atoms with van der Waals surface area (Å²) in [6.45, 7) is 3.29. The van der Waals surface area contributed by atoms with Gasteiger partial charge in [-0.3, -0.25) is 4.79 Å². The second-order valence-corrected chi connectivity index (χ2v) is 4.77. The van der Waals surface area contributed by atoms with E-state index in [0.29, 0.717) is 12.8 Å². The van der Waals surface area contributed by atoms with Crippen LogP contribution in [0.2, 0.25) is 0 Å². The van der Waals surface area contributed by atoms with Crippen molar-refractivity contribution in [3.05, 3.63) is 29.8 Å². The van der Waals surface area contributed by atoms with Gasteiger partial charge in [-0.15, -0.1) is 0 Å². The number of rotatable bonds is 5. The van der Waals surface area contributed by atoms with Gasteiger partial charge in [-0.25, -0.2) is 0 Å². The number of hydrogen-bond donors (Lipinski definition) is 2. The van der Waals surface area contributed by atoms with Crippen LogP contribution in [0.4, 0.5) is 0 Å². The molecule has 0 saturated carbocycles. The Bertz CT molecular complexity index is 395. The first kappa shape index (κ1) is 14.5. The summed E-state index contributed by atoms with van der Waals surface area (Å²) in [5, 5.41) is 19.4. The molecule has 0 bridgehead atoms. The molecule has 0 amide bonds. The summed E-state index contributed by atoms with van der Waals surface area (Å²) in [7, 11) is 1.31. The van der Waals surface area contributed by atoms with Crippen molar-refractivity contribution in [2.75, 3.05) is 7.11 Å². The molecule has 1 aromatic carbocycles. The highest BCUT2D eigenvalue weighted by Crippen LogP contribution is 2.24. The average molecular weight is 252 g/mol. The van der Waals surface area contributed by atoms with Crippen molar-refractivity contribution in [1.29, 1.82) is 0 Å². The van der Waals surface area contributed by atoms with Crippen LogP contribution in [0, 0.1) is 5.92 Å². The van der Waals surface area contributed by atoms with Crippen LogP contribution in [-0.4, -0.2) is 28.9 Å². The second-order valence-electron chi connectivity index (χ2n) is 4.77. The van der Waals surface area contributed by atoms with E-state index in [1.54, 1.807) is 38.1 Å². The number of ether oxygens (including phenoxy) is 1. The van der Waals surface area contributed by atoms with Crippen LogP contribution in [0.15, 0.2) is 24.3 Å². The molecule has 0 aliphatic heterocycles. The molecule has 2 atom stereocenters. The Kier molecular flexibility index (Phi) is 4.73. The van der Waals surface area contributed by atoms with Gasteiger partial charge in [0.25, 0.3) is 0 Å². The number of methoxy groups -OCH3 is 1. The molecule has 0 aliphatic rings. The van der Waals surface area contributed by atoms with Crippen molar-refractivity contribution >= 4 is 5.97 Å². The van der Waals surface area contributed by atoms with Gasteiger partial charge in [0.15, 0.2) is 0 Å². The maximum Gasteiger partial charge on any atom is 0.311 e. The normalized spacial score (nSPS) is 15.8. The van der Waals surface area contributed by atoms with Crippen molar-refractivity contribution in [3.63, 3.8) is 0 Å². The largest absolute Gasteiger partial charge is 0.508 e. The van der Waals surface area contributed by atoms with E-state index in [9.17, 15) is 9.90 Å². The van der Waals surface area contributed by atoms with Gasteiger partial charge in [0, 0.05) is 0 Å². The Balaban J connectivity index is 2.61. The van der Waals surface area contributed by atoms with Crippen LogP contribution < -0.4 is 0 Å². The van der Waals surface area contributed by atoms with E-state index in [0.717, 1.165) is 5.56 Å². The maximum absolute atomic E-state index is 11.4. The number of phenolic OH excluding ortho intramolecular Hbond substituents is 1. The molecule has 1 rings (SSSR count). The van der Waals surface area contributed by atoms with E-state index in [-0.39, 0.29) is 5.75 Å². The van der Waals surface area contributed by atoms with Gasteiger partial charge >= 0.3 is 5.97 Å². The zero-order chi connectivity index (χ0) is 13.8. The van der Waals surface area contributed by atoms with Gasteiger partial charge in [0.05, 0.1) is 18.6 Å². The topological polar surface area (TPSA) is 66.8 Å². The molecule has 2 unspecified atom stereocenters. The lowest BCUT2D eigenvalue weighted by Crippen LogP contribution is -2.38. The van der Waals surface area contributed by atoms with E-state index in [4.69, 9.17) is 5.11 Å². The van der Waals surface area contributed by atoms with Gasteiger partial charge in [-0.2, -0.15) is 0 Å². The summed E-state index contributed by atoms with van der Waals surface area (Å²) in [5.74, 6) is -0.765. The van der Waals surface area contributed by atoms with E-state index in [1.807, 2.05) is 0 Å². The smallest absolute Gasteiger partial charge is 0.311 e. The average Bonchev–Trinajstić information content (AvgIpc) is 2.36. The molecule has 2 N–H and O–H groups in total. The molecule has 0 saturated heterocycles. The first-order chi connectivity index (χ1) is 8.36. The van der Waals surface area contributed by atoms with Crippen molar-refractivity contribution in [2.45, 2.75) is 32.3 Å². The van der Waals surface area contributed by atoms with Gasteiger partial charge in [-0.05, 0) is 44.4 Å². The minimum absolute atomic E-state index is 0.216. The molecule has 0 radical (unpaired) electrons. The number of hydrogen-bond acceptors (Lipinski definition) is 4. The van der Waals surface area contributed by atoms with Gasteiger partial charge in [0.1, 0.15) is 5.75 Å². The third kappa shape index (κ3) is 3.74. The fourth-order valence-corrected chi connectivity index (χ4v) is 1.71. The van der Waals surface area contributed by atoms with E-state index in [1.165, 1.54) is 7.11 Å². The molecule has 100 valence electrons. The summed E-state index contributed by atoms with van der Waals surface area (Å²) < 4.78 is 4.63. The van der Waals surface area contributed by atoms with Gasteiger partial charge < -0.3 is 14.9 Å². The molecule has 0 aromatic heterocycles. The molecule has 0 fully saturated rings. The van der Waals surface area contributed by atoms with Gasteiger partial charge in [0.2, 0.25) is 0 Å². The third-order valence-electron chi connectivity index (χ3n) is 3.34. The minimum atomic E-state index is -1.11. The molecule has 18 heavy (non-hydrogen) atoms. The summed E-state index contributed by atoms with van der Waals surface area (Å²) in [6.07, 6.45) is 1.09. The van der Waals surface area contributed by atoms with Crippen molar-refractivity contribution < 1.29 is 19.7 Å². The Labute approximate surface area is 107 Å². The quantitative estimate of drug-likeness (QED) is 0.785. The summed E-state index contributed by atoms with van der Waals surface area (Å²) in [4.78, 5) is 11.4. The summed E-state index contributed by atoms with van der Waals surface area (Å²) in [6, 6.07) is 6.81. The number of aliphatic hydroxyl groups is 1. The zero-order valence-electron chi connectivity index (χ0n) is 11.0. The third-order valence-corrected chi connectivity index (χ3v) is 3.34. The van der Waals surface area contributed by atoms with Crippen LogP contribution >= 0.6 is 0 Å². The van der Waals surface area contributed by atoms with Crippen LogP contribution in [0.1, 0.15) is 25.8 Å². The van der Waals surface area contributed by atoms with Crippen molar-refractivity contribution in [1.82, 2.24) is 0 Å². The lowest BCUT2D eigenvalue weighted by atomic mass is 9.85. The van der Waals surface area contributed by atoms with Crippen LogP contribution in [0.5, 0.6) is 5.75 Å². The number of benzene rings is 1. The van der Waals surface area contributed by atoms with Crippen molar-refractivity contribution in [2.24, 2.45) is 5.92 Å². The maximum atomic E-state index is 11.4. The Morgan fingerprint density at radius 3 is 2.44 bits per heavy atom. The highest BCUT2D eigenvalue weighted by Gasteiger charge is 2.33. The fraction of sp³-hybridized carbons (Fsp3) is 0.500. The number of aryl methyl sites for hydroxylation is 1. The molecular weight excluding hydrogens is 232 g/mol. The summed E-state index contributed by atoms with van der Waals surface area (Å²) >= 11 is 0. The molecule has 0 spiro atoms. The summed E-state index contributed by atoms with van der Waals surface area (Å²) in [5.41, 5.74) is -0.101. The first-order valence-corrected chi connectivity index (χ1v) is 5.95. The standard InChI is InChI=1S/C14H20O4/c1-10(13(16)18-3)14(2,17)9-8-11-4-6-12(15)7-5-11/h4-7,10,15,17H,8-9H2,1-3H3. The Hall–Kier alpha value is -1.55. The number of carbonyl (C=O) groups excluding carboxylic acids is 1. The molecule has 4 nitrogen and oxygen atoms in total. The second kappa shape index (κ2) is 5.87. The molecule has 0 heterocycles. The highest BCUT2D eigenvalue weighted by molar-refractivity contribution is 5.73. The van der Waals surface area contributed by atoms with E-state index >= 15 is 0 Å². The predicted molar refractivity (Wildman–Crippen MR) is 68.2 cm³/mol. The van der Waals surface area contributed by atoms with Crippen LogP contribution in [-0.2, 0) is 16.0 Å². The van der Waals surface area contributed by atoms with Gasteiger partial charge in [-0.1, -0.05) is 12.1 Å². The Morgan fingerprint density at radius 2 is 1.94 bits per heavy atom.